The first-order chi connectivity index (χ1) is 7.21. The highest BCUT2D eigenvalue weighted by Crippen LogP contribution is 2.33. The van der Waals surface area contributed by atoms with Crippen LogP contribution >= 0.6 is 34.8 Å². The third kappa shape index (κ3) is 3.17. The molecule has 0 aliphatic rings. The van der Waals surface area contributed by atoms with E-state index in [1.165, 1.54) is 0 Å². The highest BCUT2D eigenvalue weighted by molar-refractivity contribution is 6.48. The van der Waals surface area contributed by atoms with E-state index in [9.17, 15) is 18.0 Å². The van der Waals surface area contributed by atoms with Crippen LogP contribution < -0.4 is 5.32 Å². The maximum Gasteiger partial charge on any atom is 0.471 e. The summed E-state index contributed by atoms with van der Waals surface area (Å²) in [6, 6.07) is 2.14. The van der Waals surface area contributed by atoms with Gasteiger partial charge in [-0.1, -0.05) is 34.8 Å². The Hall–Kier alpha value is -0.650. The zero-order chi connectivity index (χ0) is 12.5. The van der Waals surface area contributed by atoms with Gasteiger partial charge in [0.05, 0.1) is 15.1 Å². The van der Waals surface area contributed by atoms with E-state index in [0.29, 0.717) is 0 Å². The van der Waals surface area contributed by atoms with Crippen molar-refractivity contribution < 1.29 is 18.0 Å². The summed E-state index contributed by atoms with van der Waals surface area (Å²) in [6.45, 7) is 0. The number of carbonyl (C=O) groups is 1. The molecule has 0 atom stereocenters. The zero-order valence-corrected chi connectivity index (χ0v) is 9.60. The van der Waals surface area contributed by atoms with Crippen LogP contribution in [0.5, 0.6) is 0 Å². The van der Waals surface area contributed by atoms with Crippen LogP contribution in [0.1, 0.15) is 0 Å². The van der Waals surface area contributed by atoms with Gasteiger partial charge in [0.2, 0.25) is 0 Å². The summed E-state index contributed by atoms with van der Waals surface area (Å²) in [5.41, 5.74) is -0.179. The van der Waals surface area contributed by atoms with Gasteiger partial charge in [-0.3, -0.25) is 4.79 Å². The van der Waals surface area contributed by atoms with Crippen LogP contribution in [0.25, 0.3) is 0 Å². The first kappa shape index (κ1) is 13.4. The minimum absolute atomic E-state index is 0.00772. The molecule has 0 radical (unpaired) electrons. The van der Waals surface area contributed by atoms with Gasteiger partial charge in [-0.15, -0.1) is 0 Å². The Labute approximate surface area is 103 Å². The first-order valence-corrected chi connectivity index (χ1v) is 4.88. The maximum atomic E-state index is 11.9. The number of hydrogen-bond donors (Lipinski definition) is 1. The minimum atomic E-state index is -4.97. The predicted octanol–water partition coefficient (Wildman–Crippen LogP) is 4.15. The third-order valence-corrected chi connectivity index (χ3v) is 2.70. The second-order valence-corrected chi connectivity index (χ2v) is 3.90. The van der Waals surface area contributed by atoms with Crippen LogP contribution in [-0.2, 0) is 4.79 Å². The molecule has 88 valence electrons. The van der Waals surface area contributed by atoms with Gasteiger partial charge < -0.3 is 5.32 Å². The molecule has 0 aromatic heterocycles. The number of hydrogen-bond acceptors (Lipinski definition) is 1. The normalized spacial score (nSPS) is 11.4. The van der Waals surface area contributed by atoms with Gasteiger partial charge in [0.25, 0.3) is 0 Å². The van der Waals surface area contributed by atoms with Crippen LogP contribution in [0.2, 0.25) is 15.1 Å². The number of amides is 1. The van der Waals surface area contributed by atoms with Crippen molar-refractivity contribution in [2.45, 2.75) is 6.18 Å². The fraction of sp³-hybridized carbons (Fsp3) is 0.125. The van der Waals surface area contributed by atoms with E-state index in [1.54, 1.807) is 5.32 Å². The standard InChI is InChI=1S/C8H3Cl3F3NO/c9-4-1-3(2-5(10)6(4)11)15-7(16)8(12,13)14/h1-2H,(H,15,16). The van der Waals surface area contributed by atoms with Crippen molar-refractivity contribution in [2.24, 2.45) is 0 Å². The highest BCUT2D eigenvalue weighted by Gasteiger charge is 2.38. The molecular formula is C8H3Cl3F3NO. The molecule has 0 aliphatic carbocycles. The van der Waals surface area contributed by atoms with Crippen molar-refractivity contribution in [1.82, 2.24) is 0 Å². The van der Waals surface area contributed by atoms with Crippen molar-refractivity contribution >= 4 is 46.4 Å². The molecule has 0 saturated carbocycles. The molecule has 1 aromatic rings. The Morgan fingerprint density at radius 1 is 1.12 bits per heavy atom. The summed E-state index contributed by atoms with van der Waals surface area (Å²) in [5.74, 6) is -2.11. The van der Waals surface area contributed by atoms with Crippen molar-refractivity contribution in [3.63, 3.8) is 0 Å². The molecular weight excluding hydrogens is 289 g/mol. The number of rotatable bonds is 1. The summed E-state index contributed by atoms with van der Waals surface area (Å²) >= 11 is 16.7. The van der Waals surface area contributed by atoms with Crippen molar-refractivity contribution in [2.75, 3.05) is 5.32 Å². The Balaban J connectivity index is 2.96. The highest BCUT2D eigenvalue weighted by atomic mass is 35.5. The van der Waals surface area contributed by atoms with Crippen LogP contribution in [0.15, 0.2) is 12.1 Å². The molecule has 0 heterocycles. The fourth-order valence-electron chi connectivity index (χ4n) is 0.830. The maximum absolute atomic E-state index is 11.9. The van der Waals surface area contributed by atoms with E-state index < -0.39 is 12.1 Å². The van der Waals surface area contributed by atoms with Crippen molar-refractivity contribution in [3.8, 4) is 0 Å². The summed E-state index contributed by atoms with van der Waals surface area (Å²) in [4.78, 5) is 10.6. The van der Waals surface area contributed by atoms with E-state index in [4.69, 9.17) is 34.8 Å². The first-order valence-electron chi connectivity index (χ1n) is 3.74. The fourth-order valence-corrected chi connectivity index (χ4v) is 1.43. The lowest BCUT2D eigenvalue weighted by Gasteiger charge is -2.09. The van der Waals surface area contributed by atoms with Gasteiger partial charge in [-0.05, 0) is 12.1 Å². The number of halogens is 6. The molecule has 0 aliphatic heterocycles. The SMILES string of the molecule is O=C(Nc1cc(Cl)c(Cl)c(Cl)c1)C(F)(F)F. The lowest BCUT2D eigenvalue weighted by atomic mass is 10.3. The molecule has 0 bridgehead atoms. The van der Waals surface area contributed by atoms with Crippen LogP contribution in [0.3, 0.4) is 0 Å². The van der Waals surface area contributed by atoms with Crippen LogP contribution in [0.4, 0.5) is 18.9 Å². The smallest absolute Gasteiger partial charge is 0.318 e. The molecule has 8 heteroatoms. The lowest BCUT2D eigenvalue weighted by molar-refractivity contribution is -0.167. The minimum Gasteiger partial charge on any atom is -0.318 e. The molecule has 2 nitrogen and oxygen atoms in total. The van der Waals surface area contributed by atoms with Crippen LogP contribution in [-0.4, -0.2) is 12.1 Å². The van der Waals surface area contributed by atoms with Crippen molar-refractivity contribution in [3.05, 3.63) is 27.2 Å². The van der Waals surface area contributed by atoms with E-state index in [2.05, 4.69) is 0 Å². The van der Waals surface area contributed by atoms with E-state index in [1.807, 2.05) is 0 Å². The van der Waals surface area contributed by atoms with E-state index in [-0.39, 0.29) is 20.8 Å². The summed E-state index contributed by atoms with van der Waals surface area (Å²) in [5, 5.41) is 1.51. The Bertz CT molecular complexity index is 410. The summed E-state index contributed by atoms with van der Waals surface area (Å²) in [6.07, 6.45) is -4.97. The predicted molar refractivity (Wildman–Crippen MR) is 56.2 cm³/mol. The van der Waals surface area contributed by atoms with Crippen LogP contribution in [0, 0.1) is 0 Å². The van der Waals surface area contributed by atoms with Gasteiger partial charge in [-0.25, -0.2) is 0 Å². The average Bonchev–Trinajstić information content (AvgIpc) is 2.12. The molecule has 0 saturated heterocycles. The molecule has 0 fully saturated rings. The summed E-state index contributed by atoms with van der Waals surface area (Å²) in [7, 11) is 0. The topological polar surface area (TPSA) is 29.1 Å². The number of carbonyl (C=O) groups excluding carboxylic acids is 1. The Kier molecular flexibility index (Phi) is 3.93. The number of alkyl halides is 3. The Morgan fingerprint density at radius 3 is 1.94 bits per heavy atom. The third-order valence-electron chi connectivity index (χ3n) is 1.50. The largest absolute Gasteiger partial charge is 0.471 e. The Morgan fingerprint density at radius 2 is 1.56 bits per heavy atom. The van der Waals surface area contributed by atoms with Gasteiger partial charge in [0, 0.05) is 5.69 Å². The summed E-state index contributed by atoms with van der Waals surface area (Å²) < 4.78 is 35.7. The second kappa shape index (κ2) is 4.69. The zero-order valence-electron chi connectivity index (χ0n) is 7.33. The monoisotopic (exact) mass is 291 g/mol. The van der Waals surface area contributed by atoms with Gasteiger partial charge >= 0.3 is 12.1 Å². The van der Waals surface area contributed by atoms with E-state index >= 15 is 0 Å². The number of anilines is 1. The molecule has 1 aromatic carbocycles. The molecule has 16 heavy (non-hydrogen) atoms. The van der Waals surface area contributed by atoms with E-state index in [0.717, 1.165) is 12.1 Å². The lowest BCUT2D eigenvalue weighted by Crippen LogP contribution is -2.29. The van der Waals surface area contributed by atoms with Gasteiger partial charge in [-0.2, -0.15) is 13.2 Å². The quantitative estimate of drug-likeness (QED) is 0.774. The van der Waals surface area contributed by atoms with Crippen molar-refractivity contribution in [1.29, 1.82) is 0 Å². The number of benzene rings is 1. The molecule has 0 unspecified atom stereocenters. The molecule has 0 spiro atoms. The molecule has 1 amide bonds. The second-order valence-electron chi connectivity index (χ2n) is 2.71. The molecule has 1 N–H and O–H groups in total. The average molecular weight is 292 g/mol. The number of nitrogens with one attached hydrogen (secondary N) is 1. The van der Waals surface area contributed by atoms with Gasteiger partial charge in [0.15, 0.2) is 0 Å². The molecule has 1 rings (SSSR count). The van der Waals surface area contributed by atoms with Gasteiger partial charge in [0.1, 0.15) is 0 Å².